The van der Waals surface area contributed by atoms with Crippen molar-refractivity contribution in [1.82, 2.24) is 25.1 Å². The van der Waals surface area contributed by atoms with Crippen molar-refractivity contribution in [3.63, 3.8) is 0 Å². The van der Waals surface area contributed by atoms with Gasteiger partial charge in [-0.3, -0.25) is 4.79 Å². The predicted molar refractivity (Wildman–Crippen MR) is 168 cm³/mol. The zero-order valence-electron chi connectivity index (χ0n) is 25.9. The van der Waals surface area contributed by atoms with Gasteiger partial charge in [0.05, 0.1) is 26.2 Å². The van der Waals surface area contributed by atoms with Gasteiger partial charge in [0, 0.05) is 31.8 Å². The molecular formula is C35H45N5O3. The van der Waals surface area contributed by atoms with Crippen LogP contribution in [0.5, 0.6) is 5.75 Å². The van der Waals surface area contributed by atoms with Crippen LogP contribution < -0.4 is 10.1 Å². The minimum atomic E-state index is -0.397. The van der Waals surface area contributed by atoms with E-state index in [1.165, 1.54) is 11.3 Å². The Balaban J connectivity index is 1.34. The average molecular weight is 584 g/mol. The first-order chi connectivity index (χ1) is 20.8. The first-order valence-corrected chi connectivity index (χ1v) is 15.7. The van der Waals surface area contributed by atoms with Gasteiger partial charge in [0.1, 0.15) is 11.9 Å². The lowest BCUT2D eigenvalue weighted by Gasteiger charge is -2.57. The van der Waals surface area contributed by atoms with E-state index in [-0.39, 0.29) is 24.5 Å². The summed E-state index contributed by atoms with van der Waals surface area (Å²) in [5.74, 6) is 2.41. The summed E-state index contributed by atoms with van der Waals surface area (Å²) in [6.45, 7) is 6.45. The smallest absolute Gasteiger partial charge is 0.334 e. The van der Waals surface area contributed by atoms with E-state index in [1.54, 1.807) is 17.1 Å². The van der Waals surface area contributed by atoms with Crippen LogP contribution in [0.2, 0.25) is 0 Å². The second kappa shape index (κ2) is 12.4. The first kappa shape index (κ1) is 29.3. The number of ether oxygens (including phenoxy) is 1. The van der Waals surface area contributed by atoms with E-state index in [2.05, 4.69) is 72.6 Å². The Morgan fingerprint density at radius 1 is 1.02 bits per heavy atom. The van der Waals surface area contributed by atoms with Crippen LogP contribution in [0.1, 0.15) is 50.2 Å². The molecule has 43 heavy (non-hydrogen) atoms. The second-order valence-corrected chi connectivity index (χ2v) is 12.9. The molecular weight excluding hydrogens is 538 g/mol. The summed E-state index contributed by atoms with van der Waals surface area (Å²) in [7, 11) is 3.49. The molecule has 7 rings (SSSR count). The van der Waals surface area contributed by atoms with Gasteiger partial charge in [-0.25, -0.2) is 14.8 Å². The van der Waals surface area contributed by atoms with Gasteiger partial charge in [-0.05, 0) is 60.3 Å². The van der Waals surface area contributed by atoms with E-state index >= 15 is 0 Å². The molecule has 0 spiro atoms. The molecule has 8 nitrogen and oxygen atoms in total. The van der Waals surface area contributed by atoms with E-state index < -0.39 is 6.17 Å². The third-order valence-electron chi connectivity index (χ3n) is 9.54. The molecule has 2 saturated heterocycles. The highest BCUT2D eigenvalue weighted by Crippen LogP contribution is 2.42. The molecule has 1 N–H and O–H groups in total. The third-order valence-corrected chi connectivity index (χ3v) is 9.54. The number of nitrogens with one attached hydrogen (secondary N) is 1. The van der Waals surface area contributed by atoms with Crippen LogP contribution in [0, 0.1) is 17.8 Å². The van der Waals surface area contributed by atoms with Crippen molar-refractivity contribution in [2.24, 2.45) is 17.8 Å². The van der Waals surface area contributed by atoms with E-state index in [1.807, 2.05) is 36.2 Å². The lowest BCUT2D eigenvalue weighted by molar-refractivity contribution is -0.176. The molecule has 4 aliphatic heterocycles. The number of likely N-dealkylation sites (N-methyl/N-ethyl adjacent to an activating group) is 1. The predicted octanol–water partition coefficient (Wildman–Crippen LogP) is 5.22. The van der Waals surface area contributed by atoms with E-state index in [0.29, 0.717) is 36.8 Å². The summed E-state index contributed by atoms with van der Waals surface area (Å²) in [5.41, 5.74) is 3.59. The van der Waals surface area contributed by atoms with Gasteiger partial charge in [-0.2, -0.15) is 0 Å². The number of benzene rings is 2. The quantitative estimate of drug-likeness (QED) is 0.473. The molecule has 0 aromatic heterocycles. The fraction of sp³-hybridized carbons (Fsp3) is 0.486. The lowest BCUT2D eigenvalue weighted by atomic mass is 9.78. The minimum absolute atomic E-state index is 0.0808. The summed E-state index contributed by atoms with van der Waals surface area (Å²) < 4.78 is 5.28. The Bertz CT molecular complexity index is 1360. The van der Waals surface area contributed by atoms with Gasteiger partial charge in [0.2, 0.25) is 5.91 Å². The highest BCUT2D eigenvalue weighted by atomic mass is 16.5. The van der Waals surface area contributed by atoms with Crippen LogP contribution >= 0.6 is 0 Å². The molecule has 1 aliphatic carbocycles. The topological polar surface area (TPSA) is 68.4 Å². The zero-order valence-corrected chi connectivity index (χ0v) is 25.9. The zero-order chi connectivity index (χ0) is 30.1. The van der Waals surface area contributed by atoms with Crippen LogP contribution in [0.4, 0.5) is 4.79 Å². The standard InChI is InChI=1S/C35H45N5O3/c1-24(2)18-32-31-19-25-10-14-28(15-11-25)30(27-8-6-5-7-9-27)21-38(31)22-33-39(32)34(41)23-37(3)40(33)35(42)36-20-26-12-16-29(43-4)17-13-26/h5-10,12-14,16-17,19,24-25,28,30,32-33H,11,15,18,20-23H2,1-4H3,(H,36,42)/b31-19-/t25?,28?,30?,32-,33-/m0/s1. The number of carbonyl (C=O) groups is 2. The van der Waals surface area contributed by atoms with Gasteiger partial charge in [-0.15, -0.1) is 0 Å². The number of carbonyl (C=O) groups excluding carboxylic acids is 2. The van der Waals surface area contributed by atoms with Gasteiger partial charge in [-0.1, -0.05) is 74.5 Å². The van der Waals surface area contributed by atoms with Gasteiger partial charge in [0.15, 0.2) is 0 Å². The summed E-state index contributed by atoms with van der Waals surface area (Å²) in [6.07, 6.45) is 9.99. The molecule has 0 radical (unpaired) electrons. The Morgan fingerprint density at radius 2 is 1.79 bits per heavy atom. The van der Waals surface area contributed by atoms with Gasteiger partial charge in [0.25, 0.3) is 0 Å². The number of amides is 3. The number of hydrazine groups is 1. The first-order valence-electron chi connectivity index (χ1n) is 15.7. The number of hydrogen-bond donors (Lipinski definition) is 1. The second-order valence-electron chi connectivity index (χ2n) is 12.9. The van der Waals surface area contributed by atoms with E-state index in [4.69, 9.17) is 4.74 Å². The normalized spacial score (nSPS) is 28.4. The molecule has 2 aromatic rings. The van der Waals surface area contributed by atoms with Crippen LogP contribution in [-0.4, -0.2) is 77.8 Å². The van der Waals surface area contributed by atoms with Crippen molar-refractivity contribution in [1.29, 1.82) is 0 Å². The number of hydrogen-bond acceptors (Lipinski definition) is 5. The van der Waals surface area contributed by atoms with Crippen molar-refractivity contribution in [3.8, 4) is 5.75 Å². The van der Waals surface area contributed by atoms with E-state index in [9.17, 15) is 9.59 Å². The summed E-state index contributed by atoms with van der Waals surface area (Å²) >= 11 is 0. The van der Waals surface area contributed by atoms with Crippen molar-refractivity contribution in [2.45, 2.75) is 57.8 Å². The number of piperazine rings is 1. The molecule has 2 aromatic carbocycles. The van der Waals surface area contributed by atoms with Crippen molar-refractivity contribution < 1.29 is 14.3 Å². The van der Waals surface area contributed by atoms with Crippen molar-refractivity contribution in [3.05, 3.63) is 89.6 Å². The van der Waals surface area contributed by atoms with Crippen molar-refractivity contribution in [2.75, 3.05) is 33.8 Å². The number of nitrogens with zero attached hydrogens (tertiary/aromatic N) is 4. The maximum absolute atomic E-state index is 13.9. The largest absolute Gasteiger partial charge is 0.497 e. The molecule has 3 unspecified atom stereocenters. The maximum atomic E-state index is 13.9. The molecule has 3 amide bonds. The lowest BCUT2D eigenvalue weighted by Crippen LogP contribution is -2.74. The summed E-state index contributed by atoms with van der Waals surface area (Å²) in [5, 5.41) is 6.71. The van der Waals surface area contributed by atoms with E-state index in [0.717, 1.165) is 37.1 Å². The van der Waals surface area contributed by atoms with Crippen LogP contribution in [0.25, 0.3) is 0 Å². The molecule has 5 aliphatic rings. The molecule has 228 valence electrons. The fourth-order valence-electron chi connectivity index (χ4n) is 7.42. The number of rotatable bonds is 6. The SMILES string of the molecule is COc1ccc(CNC(=O)N2[C@H]3CN4CC(c5ccccc5)C5C=CC(/C=C\4[C@H](CC(C)C)N3C(=O)CN2C)CC5)cc1. The number of methoxy groups -OCH3 is 1. The highest BCUT2D eigenvalue weighted by molar-refractivity contribution is 5.83. The molecule has 2 fully saturated rings. The number of fused-ring (bicyclic) bond motifs is 3. The Morgan fingerprint density at radius 3 is 2.47 bits per heavy atom. The Labute approximate surface area is 255 Å². The molecule has 8 heteroatoms. The average Bonchev–Trinajstić information content (AvgIpc) is 3.13. The minimum Gasteiger partial charge on any atom is -0.497 e. The van der Waals surface area contributed by atoms with Crippen LogP contribution in [0.15, 0.2) is 78.5 Å². The maximum Gasteiger partial charge on any atom is 0.334 e. The number of allylic oxidation sites excluding steroid dienone is 3. The van der Waals surface area contributed by atoms with Crippen LogP contribution in [0.3, 0.4) is 0 Å². The summed E-state index contributed by atoms with van der Waals surface area (Å²) in [4.78, 5) is 32.3. The molecule has 0 saturated carbocycles. The third kappa shape index (κ3) is 6.03. The Hall–Kier alpha value is -3.78. The van der Waals surface area contributed by atoms with Gasteiger partial charge >= 0.3 is 6.03 Å². The fourth-order valence-corrected chi connectivity index (χ4v) is 7.42. The molecule has 5 atom stereocenters. The van der Waals surface area contributed by atoms with Gasteiger partial charge < -0.3 is 19.9 Å². The number of urea groups is 1. The summed E-state index contributed by atoms with van der Waals surface area (Å²) in [6, 6.07) is 18.3. The van der Waals surface area contributed by atoms with Crippen LogP contribution in [-0.2, 0) is 11.3 Å². The highest BCUT2D eigenvalue weighted by Gasteiger charge is 2.50. The molecule has 4 heterocycles. The Kier molecular flexibility index (Phi) is 8.48. The monoisotopic (exact) mass is 583 g/mol. The van der Waals surface area contributed by atoms with Crippen molar-refractivity contribution >= 4 is 11.9 Å². The molecule has 2 bridgehead atoms.